The smallest absolute Gasteiger partial charge is 0.303 e. The van der Waals surface area contributed by atoms with Crippen LogP contribution in [0.5, 0.6) is 0 Å². The summed E-state index contributed by atoms with van der Waals surface area (Å²) in [4.78, 5) is 21.3. The van der Waals surface area contributed by atoms with Gasteiger partial charge in [-0.25, -0.2) is 9.78 Å². The van der Waals surface area contributed by atoms with Gasteiger partial charge in [0.2, 0.25) is 0 Å². The monoisotopic (exact) mass is 354 g/mol. The first-order valence-corrected chi connectivity index (χ1v) is 9.98. The summed E-state index contributed by atoms with van der Waals surface area (Å²) in [6.07, 6.45) is 14.3. The van der Waals surface area contributed by atoms with Crippen LogP contribution in [0.3, 0.4) is 0 Å². The van der Waals surface area contributed by atoms with Gasteiger partial charge in [0.25, 0.3) is 0 Å². The van der Waals surface area contributed by atoms with Gasteiger partial charge < -0.3 is 10.2 Å². The highest BCUT2D eigenvalue weighted by molar-refractivity contribution is 5.66. The molecule has 1 saturated heterocycles. The highest BCUT2D eigenvalue weighted by Crippen LogP contribution is 2.46. The normalized spacial score (nSPS) is 29.5. The first kappa shape index (κ1) is 20.4. The van der Waals surface area contributed by atoms with Crippen LogP contribution in [0.15, 0.2) is 12.2 Å². The zero-order chi connectivity index (χ0) is 18.1. The second kappa shape index (κ2) is 10.9. The molecule has 0 aromatic heterocycles. The Labute approximate surface area is 151 Å². The van der Waals surface area contributed by atoms with E-state index in [1.165, 1.54) is 12.8 Å². The Bertz CT molecular complexity index is 422. The van der Waals surface area contributed by atoms with Gasteiger partial charge in [-0.05, 0) is 50.4 Å². The molecule has 5 heteroatoms. The second-order valence-corrected chi connectivity index (χ2v) is 7.55. The van der Waals surface area contributed by atoms with Crippen LogP contribution in [-0.4, -0.2) is 34.5 Å². The SMILES string of the molecule is CCCCCC(O)CC[C@H]1C2CC(OO2)C1C/C=C\CCCC(=O)O. The van der Waals surface area contributed by atoms with Crippen molar-refractivity contribution >= 4 is 5.97 Å². The van der Waals surface area contributed by atoms with E-state index in [0.717, 1.165) is 44.9 Å². The molecule has 0 amide bonds. The summed E-state index contributed by atoms with van der Waals surface area (Å²) in [7, 11) is 0. The molecule has 4 unspecified atom stereocenters. The van der Waals surface area contributed by atoms with E-state index in [2.05, 4.69) is 19.1 Å². The van der Waals surface area contributed by atoms with Crippen molar-refractivity contribution in [3.05, 3.63) is 12.2 Å². The summed E-state index contributed by atoms with van der Waals surface area (Å²) in [5.41, 5.74) is 0. The average molecular weight is 354 g/mol. The van der Waals surface area contributed by atoms with Crippen LogP contribution >= 0.6 is 0 Å². The molecule has 2 bridgehead atoms. The maximum atomic E-state index is 10.5. The van der Waals surface area contributed by atoms with Crippen LogP contribution in [0, 0.1) is 11.8 Å². The lowest BCUT2D eigenvalue weighted by Gasteiger charge is -2.30. The summed E-state index contributed by atoms with van der Waals surface area (Å²) in [5, 5.41) is 18.8. The Kier molecular flexibility index (Phi) is 8.93. The number of aliphatic hydroxyl groups is 1. The summed E-state index contributed by atoms with van der Waals surface area (Å²) < 4.78 is 0. The van der Waals surface area contributed by atoms with E-state index in [1.54, 1.807) is 0 Å². The standard InChI is InChI=1S/C20H34O5/c1-2-3-6-9-15(21)12-13-17-16(18-14-19(17)25-24-18)10-7-4-5-8-11-20(22)23/h4,7,15-19,21H,2-3,5-6,8-14H2,1H3,(H,22,23)/b7-4-/t15?,16?,17-,18?,19?/m1/s1. The molecule has 0 radical (unpaired) electrons. The molecule has 0 aromatic carbocycles. The fourth-order valence-corrected chi connectivity index (χ4v) is 4.12. The van der Waals surface area contributed by atoms with E-state index in [1.807, 2.05) is 0 Å². The van der Waals surface area contributed by atoms with E-state index in [9.17, 15) is 9.90 Å². The maximum absolute atomic E-state index is 10.5. The molecule has 2 fully saturated rings. The third-order valence-electron chi connectivity index (χ3n) is 5.58. The van der Waals surface area contributed by atoms with Gasteiger partial charge in [0.15, 0.2) is 0 Å². The Morgan fingerprint density at radius 1 is 1.12 bits per heavy atom. The van der Waals surface area contributed by atoms with Crippen LogP contribution in [0.25, 0.3) is 0 Å². The van der Waals surface area contributed by atoms with Crippen LogP contribution in [0.1, 0.15) is 77.6 Å². The Morgan fingerprint density at radius 2 is 1.88 bits per heavy atom. The van der Waals surface area contributed by atoms with Crippen molar-refractivity contribution in [3.8, 4) is 0 Å². The minimum atomic E-state index is -0.732. The van der Waals surface area contributed by atoms with Crippen LogP contribution in [0.2, 0.25) is 0 Å². The fourth-order valence-electron chi connectivity index (χ4n) is 4.12. The summed E-state index contributed by atoms with van der Waals surface area (Å²) in [5.74, 6) is 0.185. The van der Waals surface area contributed by atoms with Crippen molar-refractivity contribution < 1.29 is 24.8 Å². The van der Waals surface area contributed by atoms with Crippen molar-refractivity contribution in [1.29, 1.82) is 0 Å². The van der Waals surface area contributed by atoms with Crippen LogP contribution < -0.4 is 0 Å². The number of carbonyl (C=O) groups is 1. The third kappa shape index (κ3) is 6.72. The van der Waals surface area contributed by atoms with E-state index in [0.29, 0.717) is 18.3 Å². The van der Waals surface area contributed by atoms with E-state index >= 15 is 0 Å². The molecule has 5 nitrogen and oxygen atoms in total. The Morgan fingerprint density at radius 3 is 2.60 bits per heavy atom. The molecular formula is C20H34O5. The fraction of sp³-hybridized carbons (Fsp3) is 0.850. The van der Waals surface area contributed by atoms with Gasteiger partial charge in [-0.3, -0.25) is 4.79 Å². The topological polar surface area (TPSA) is 76.0 Å². The number of aliphatic carboxylic acids is 1. The lowest BCUT2D eigenvalue weighted by molar-refractivity contribution is -0.341. The molecule has 2 N–H and O–H groups in total. The predicted molar refractivity (Wildman–Crippen MR) is 96.0 cm³/mol. The van der Waals surface area contributed by atoms with Gasteiger partial charge in [-0.15, -0.1) is 0 Å². The number of fused-ring (bicyclic) bond motifs is 2. The minimum Gasteiger partial charge on any atom is -0.481 e. The van der Waals surface area contributed by atoms with Gasteiger partial charge in [0, 0.05) is 12.8 Å². The largest absolute Gasteiger partial charge is 0.481 e. The number of rotatable bonds is 13. The number of hydrogen-bond donors (Lipinski definition) is 2. The van der Waals surface area contributed by atoms with Crippen LogP contribution in [0.4, 0.5) is 0 Å². The first-order valence-electron chi connectivity index (χ1n) is 9.98. The van der Waals surface area contributed by atoms with Gasteiger partial charge >= 0.3 is 5.97 Å². The zero-order valence-corrected chi connectivity index (χ0v) is 15.4. The quantitative estimate of drug-likeness (QED) is 0.294. The predicted octanol–water partition coefficient (Wildman–Crippen LogP) is 4.24. The number of carboxylic acid groups (broad SMARTS) is 1. The molecule has 0 aromatic rings. The number of allylic oxidation sites excluding steroid dienone is 2. The van der Waals surface area contributed by atoms with E-state index in [-0.39, 0.29) is 24.7 Å². The van der Waals surface area contributed by atoms with Crippen molar-refractivity contribution in [1.82, 2.24) is 0 Å². The second-order valence-electron chi connectivity index (χ2n) is 7.55. The highest BCUT2D eigenvalue weighted by atomic mass is 17.2. The number of unbranched alkanes of at least 4 members (excludes halogenated alkanes) is 3. The van der Waals surface area contributed by atoms with Crippen molar-refractivity contribution in [3.63, 3.8) is 0 Å². The number of hydrogen-bond acceptors (Lipinski definition) is 4. The molecule has 5 atom stereocenters. The maximum Gasteiger partial charge on any atom is 0.303 e. The van der Waals surface area contributed by atoms with Gasteiger partial charge in [-0.2, -0.15) is 0 Å². The molecular weight excluding hydrogens is 320 g/mol. The zero-order valence-electron chi connectivity index (χ0n) is 15.4. The number of carboxylic acids is 1. The van der Waals surface area contributed by atoms with Crippen molar-refractivity contribution in [2.45, 2.75) is 95.9 Å². The minimum absolute atomic E-state index is 0.177. The lowest BCUT2D eigenvalue weighted by atomic mass is 9.85. The summed E-state index contributed by atoms with van der Waals surface area (Å²) in [6.45, 7) is 2.18. The van der Waals surface area contributed by atoms with E-state index < -0.39 is 5.97 Å². The van der Waals surface area contributed by atoms with Crippen LogP contribution in [-0.2, 0) is 14.6 Å². The average Bonchev–Trinajstić information content (AvgIpc) is 3.17. The Hall–Kier alpha value is -0.910. The van der Waals surface area contributed by atoms with Gasteiger partial charge in [0.05, 0.1) is 18.3 Å². The molecule has 25 heavy (non-hydrogen) atoms. The molecule has 1 aliphatic carbocycles. The molecule has 1 aliphatic heterocycles. The van der Waals surface area contributed by atoms with Crippen molar-refractivity contribution in [2.24, 2.45) is 11.8 Å². The molecule has 2 aliphatic rings. The first-order chi connectivity index (χ1) is 12.1. The molecule has 144 valence electrons. The Balaban J connectivity index is 1.71. The number of aliphatic hydroxyl groups excluding tert-OH is 1. The summed E-state index contributed by atoms with van der Waals surface area (Å²) in [6, 6.07) is 0. The van der Waals surface area contributed by atoms with Crippen molar-refractivity contribution in [2.75, 3.05) is 0 Å². The van der Waals surface area contributed by atoms with Gasteiger partial charge in [0.1, 0.15) is 0 Å². The molecule has 2 rings (SSSR count). The van der Waals surface area contributed by atoms with E-state index in [4.69, 9.17) is 14.9 Å². The molecule has 1 saturated carbocycles. The lowest BCUT2D eigenvalue weighted by Crippen LogP contribution is -2.30. The third-order valence-corrected chi connectivity index (χ3v) is 5.58. The summed E-state index contributed by atoms with van der Waals surface area (Å²) >= 11 is 0. The molecule has 1 heterocycles. The highest BCUT2D eigenvalue weighted by Gasteiger charge is 2.49. The van der Waals surface area contributed by atoms with Gasteiger partial charge in [-0.1, -0.05) is 38.3 Å². The molecule has 0 spiro atoms.